The summed E-state index contributed by atoms with van der Waals surface area (Å²) in [5.74, 6) is -3.96. The first-order chi connectivity index (χ1) is 8.64. The molecular formula is C11H10F5NO2. The predicted molar refractivity (Wildman–Crippen MR) is 56.1 cm³/mol. The lowest BCUT2D eigenvalue weighted by atomic mass is 9.94. The van der Waals surface area contributed by atoms with Crippen LogP contribution in [-0.4, -0.2) is 18.7 Å². The van der Waals surface area contributed by atoms with Gasteiger partial charge < -0.3 is 10.5 Å². The topological polar surface area (TPSA) is 52.3 Å². The first kappa shape index (κ1) is 15.2. The van der Waals surface area contributed by atoms with Crippen molar-refractivity contribution in [1.82, 2.24) is 0 Å². The van der Waals surface area contributed by atoms with Gasteiger partial charge in [0.2, 0.25) is 0 Å². The number of rotatable bonds is 4. The smallest absolute Gasteiger partial charge is 0.395 e. The molecule has 1 amide bonds. The maximum absolute atomic E-state index is 12.6. The van der Waals surface area contributed by atoms with Gasteiger partial charge in [-0.2, -0.15) is 22.0 Å². The number of nitrogens with two attached hydrogens (primary N) is 1. The number of hydrogen-bond acceptors (Lipinski definition) is 2. The molecular weight excluding hydrogens is 273 g/mol. The Morgan fingerprint density at radius 2 is 1.89 bits per heavy atom. The van der Waals surface area contributed by atoms with Crippen molar-refractivity contribution in [2.45, 2.75) is 25.6 Å². The standard InChI is InChI=1S/C11H10F5NO2/c1-5(11(14,15)16)6-3-2-4-7(19-10(12)13)8(6)9(17)18/h2-5,10H,1H3,(H2,17,18). The molecule has 3 nitrogen and oxygen atoms in total. The van der Waals surface area contributed by atoms with Gasteiger partial charge in [-0.05, 0) is 18.6 Å². The summed E-state index contributed by atoms with van der Waals surface area (Å²) in [6.07, 6.45) is -4.63. The summed E-state index contributed by atoms with van der Waals surface area (Å²) in [7, 11) is 0. The van der Waals surface area contributed by atoms with Gasteiger partial charge in [0.25, 0.3) is 5.91 Å². The molecule has 0 saturated heterocycles. The normalized spacial score (nSPS) is 13.4. The van der Waals surface area contributed by atoms with Crippen LogP contribution in [0.3, 0.4) is 0 Å². The second-order valence-corrected chi connectivity index (χ2v) is 3.73. The fraction of sp³-hybridized carbons (Fsp3) is 0.364. The average molecular weight is 283 g/mol. The van der Waals surface area contributed by atoms with Crippen molar-refractivity contribution in [3.05, 3.63) is 29.3 Å². The van der Waals surface area contributed by atoms with Crippen molar-refractivity contribution in [2.24, 2.45) is 5.73 Å². The van der Waals surface area contributed by atoms with Gasteiger partial charge in [-0.1, -0.05) is 12.1 Å². The summed E-state index contributed by atoms with van der Waals surface area (Å²) >= 11 is 0. The van der Waals surface area contributed by atoms with Crippen LogP contribution in [0.5, 0.6) is 5.75 Å². The molecule has 19 heavy (non-hydrogen) atoms. The van der Waals surface area contributed by atoms with Crippen LogP contribution in [0.2, 0.25) is 0 Å². The quantitative estimate of drug-likeness (QED) is 0.863. The van der Waals surface area contributed by atoms with E-state index < -0.39 is 41.5 Å². The largest absolute Gasteiger partial charge is 0.434 e. The minimum atomic E-state index is -4.63. The molecule has 0 fully saturated rings. The van der Waals surface area contributed by atoms with Gasteiger partial charge in [0.1, 0.15) is 5.75 Å². The summed E-state index contributed by atoms with van der Waals surface area (Å²) in [5.41, 5.74) is 3.75. The molecule has 0 aliphatic rings. The number of carbonyl (C=O) groups is 1. The number of alkyl halides is 5. The molecule has 1 rings (SSSR count). The van der Waals surface area contributed by atoms with E-state index in [0.29, 0.717) is 0 Å². The molecule has 1 aromatic carbocycles. The van der Waals surface area contributed by atoms with E-state index in [1.54, 1.807) is 0 Å². The Labute approximate surface area is 105 Å². The Kier molecular flexibility index (Phi) is 4.33. The number of carbonyl (C=O) groups excluding carboxylic acids is 1. The maximum atomic E-state index is 12.6. The van der Waals surface area contributed by atoms with Gasteiger partial charge in [-0.3, -0.25) is 4.79 Å². The van der Waals surface area contributed by atoms with Gasteiger partial charge >= 0.3 is 12.8 Å². The lowest BCUT2D eigenvalue weighted by molar-refractivity contribution is -0.146. The molecule has 106 valence electrons. The highest BCUT2D eigenvalue weighted by Crippen LogP contribution is 2.38. The van der Waals surface area contributed by atoms with Gasteiger partial charge in [-0.15, -0.1) is 0 Å². The Morgan fingerprint density at radius 1 is 1.32 bits per heavy atom. The molecule has 0 bridgehead atoms. The van der Waals surface area contributed by atoms with Gasteiger partial charge in [0, 0.05) is 0 Å². The number of halogens is 5. The molecule has 0 aromatic heterocycles. The van der Waals surface area contributed by atoms with Gasteiger partial charge in [-0.25, -0.2) is 0 Å². The van der Waals surface area contributed by atoms with Crippen molar-refractivity contribution in [2.75, 3.05) is 0 Å². The van der Waals surface area contributed by atoms with E-state index in [1.165, 1.54) is 0 Å². The molecule has 0 radical (unpaired) electrons. The molecule has 0 heterocycles. The first-order valence-corrected chi connectivity index (χ1v) is 5.08. The van der Waals surface area contributed by atoms with E-state index in [-0.39, 0.29) is 0 Å². The lowest BCUT2D eigenvalue weighted by Gasteiger charge is -2.20. The Morgan fingerprint density at radius 3 is 2.32 bits per heavy atom. The molecule has 1 atom stereocenters. The van der Waals surface area contributed by atoms with Crippen LogP contribution in [-0.2, 0) is 0 Å². The van der Waals surface area contributed by atoms with Crippen molar-refractivity contribution in [3.63, 3.8) is 0 Å². The third kappa shape index (κ3) is 3.55. The molecule has 1 unspecified atom stereocenters. The van der Waals surface area contributed by atoms with Crippen LogP contribution in [0.15, 0.2) is 18.2 Å². The second kappa shape index (κ2) is 5.41. The van der Waals surface area contributed by atoms with Crippen molar-refractivity contribution >= 4 is 5.91 Å². The van der Waals surface area contributed by atoms with E-state index in [0.717, 1.165) is 25.1 Å². The Balaban J connectivity index is 3.36. The molecule has 0 saturated carbocycles. The third-order valence-electron chi connectivity index (χ3n) is 2.48. The minimum absolute atomic E-state index is 0.502. The van der Waals surface area contributed by atoms with Crippen LogP contribution in [0.25, 0.3) is 0 Å². The van der Waals surface area contributed by atoms with Crippen LogP contribution < -0.4 is 10.5 Å². The first-order valence-electron chi connectivity index (χ1n) is 5.08. The highest BCUT2D eigenvalue weighted by Gasteiger charge is 2.39. The molecule has 0 aliphatic heterocycles. The molecule has 2 N–H and O–H groups in total. The van der Waals surface area contributed by atoms with E-state index in [9.17, 15) is 26.7 Å². The Hall–Kier alpha value is -1.86. The van der Waals surface area contributed by atoms with Crippen LogP contribution in [0.1, 0.15) is 28.8 Å². The third-order valence-corrected chi connectivity index (χ3v) is 2.48. The summed E-state index contributed by atoms with van der Waals surface area (Å²) in [4.78, 5) is 11.2. The number of benzene rings is 1. The van der Waals surface area contributed by atoms with Crippen LogP contribution >= 0.6 is 0 Å². The number of hydrogen-bond donors (Lipinski definition) is 1. The zero-order chi connectivity index (χ0) is 14.8. The summed E-state index contributed by atoms with van der Waals surface area (Å²) in [6, 6.07) is 3.04. The molecule has 0 spiro atoms. The predicted octanol–water partition coefficient (Wildman–Crippen LogP) is 3.05. The van der Waals surface area contributed by atoms with E-state index >= 15 is 0 Å². The fourth-order valence-electron chi connectivity index (χ4n) is 1.54. The van der Waals surface area contributed by atoms with Crippen molar-refractivity contribution in [1.29, 1.82) is 0 Å². The van der Waals surface area contributed by atoms with Crippen LogP contribution in [0, 0.1) is 0 Å². The van der Waals surface area contributed by atoms with Crippen molar-refractivity contribution in [3.8, 4) is 5.75 Å². The van der Waals surface area contributed by atoms with Gasteiger partial charge in [0.15, 0.2) is 0 Å². The number of primary amides is 1. The highest BCUT2D eigenvalue weighted by molar-refractivity contribution is 5.97. The highest BCUT2D eigenvalue weighted by atomic mass is 19.4. The van der Waals surface area contributed by atoms with Crippen LogP contribution in [0.4, 0.5) is 22.0 Å². The Bertz CT molecular complexity index is 473. The summed E-state index contributed by atoms with van der Waals surface area (Å²) in [5, 5.41) is 0. The summed E-state index contributed by atoms with van der Waals surface area (Å²) < 4.78 is 66.2. The van der Waals surface area contributed by atoms with E-state index in [1.807, 2.05) is 0 Å². The number of amides is 1. The minimum Gasteiger partial charge on any atom is -0.434 e. The zero-order valence-corrected chi connectivity index (χ0v) is 9.67. The average Bonchev–Trinajstić information content (AvgIpc) is 2.25. The summed E-state index contributed by atoms with van der Waals surface area (Å²) in [6.45, 7) is -2.47. The second-order valence-electron chi connectivity index (χ2n) is 3.73. The maximum Gasteiger partial charge on any atom is 0.395 e. The molecule has 1 aromatic rings. The molecule has 8 heteroatoms. The fourth-order valence-corrected chi connectivity index (χ4v) is 1.54. The zero-order valence-electron chi connectivity index (χ0n) is 9.67. The molecule has 0 aliphatic carbocycles. The van der Waals surface area contributed by atoms with E-state index in [4.69, 9.17) is 5.73 Å². The SMILES string of the molecule is CC(c1cccc(OC(F)F)c1C(N)=O)C(F)(F)F. The lowest BCUT2D eigenvalue weighted by Crippen LogP contribution is -2.23. The van der Waals surface area contributed by atoms with Gasteiger partial charge in [0.05, 0.1) is 11.5 Å². The van der Waals surface area contributed by atoms with Crippen molar-refractivity contribution < 1.29 is 31.5 Å². The monoisotopic (exact) mass is 283 g/mol. The number of ether oxygens (including phenoxy) is 1. The van der Waals surface area contributed by atoms with E-state index in [2.05, 4.69) is 4.74 Å².